The molecule has 0 atom stereocenters. The van der Waals surface area contributed by atoms with Crippen LogP contribution in [0.1, 0.15) is 32.3 Å². The summed E-state index contributed by atoms with van der Waals surface area (Å²) in [6.45, 7) is 8.19. The van der Waals surface area contributed by atoms with Crippen LogP contribution in [0.2, 0.25) is 0 Å². The van der Waals surface area contributed by atoms with Gasteiger partial charge in [-0.3, -0.25) is 5.10 Å². The van der Waals surface area contributed by atoms with E-state index in [1.165, 1.54) is 11.5 Å². The first kappa shape index (κ1) is 10.2. The zero-order valence-electron chi connectivity index (χ0n) is 9.20. The van der Waals surface area contributed by atoms with Crippen LogP contribution in [0.15, 0.2) is 0 Å². The number of hydrogen-bond acceptors (Lipinski definition) is 5. The summed E-state index contributed by atoms with van der Waals surface area (Å²) in [6.07, 6.45) is 0. The van der Waals surface area contributed by atoms with Crippen LogP contribution < -0.4 is 0 Å². The first-order valence-corrected chi connectivity index (χ1v) is 5.48. The number of nitrogens with zero attached hydrogens (tertiary/aromatic N) is 4. The van der Waals surface area contributed by atoms with Crippen LogP contribution in [-0.4, -0.2) is 24.8 Å². The van der Waals surface area contributed by atoms with Gasteiger partial charge in [0.25, 0.3) is 0 Å². The molecule has 0 aliphatic heterocycles. The topological polar surface area (TPSA) is 67.3 Å². The van der Waals surface area contributed by atoms with Crippen molar-refractivity contribution >= 4 is 11.5 Å². The first-order valence-electron chi connectivity index (χ1n) is 4.70. The van der Waals surface area contributed by atoms with Crippen molar-refractivity contribution in [2.24, 2.45) is 0 Å². The summed E-state index contributed by atoms with van der Waals surface area (Å²) in [4.78, 5) is 5.24. The molecule has 0 bridgehead atoms. The molecule has 0 saturated heterocycles. The Balaban J connectivity index is 2.50. The van der Waals surface area contributed by atoms with Gasteiger partial charge >= 0.3 is 0 Å². The smallest absolute Gasteiger partial charge is 0.194 e. The Bertz CT molecular complexity index is 465. The molecule has 80 valence electrons. The maximum Gasteiger partial charge on any atom is 0.194 e. The lowest BCUT2D eigenvalue weighted by Crippen LogP contribution is -2.13. The van der Waals surface area contributed by atoms with Crippen molar-refractivity contribution in [3.05, 3.63) is 11.5 Å². The van der Waals surface area contributed by atoms with Crippen molar-refractivity contribution in [2.45, 2.75) is 33.1 Å². The minimum Gasteiger partial charge on any atom is -0.263 e. The third kappa shape index (κ3) is 1.90. The predicted octanol–water partition coefficient (Wildman–Crippen LogP) is 1.93. The zero-order chi connectivity index (χ0) is 11.1. The molecule has 0 amide bonds. The molecular weight excluding hydrogens is 210 g/mol. The highest BCUT2D eigenvalue weighted by Crippen LogP contribution is 2.31. The number of aromatic nitrogens is 5. The van der Waals surface area contributed by atoms with Gasteiger partial charge in [-0.15, -0.1) is 5.10 Å². The number of aryl methyl sites for hydroxylation is 1. The van der Waals surface area contributed by atoms with E-state index in [9.17, 15) is 0 Å². The van der Waals surface area contributed by atoms with Crippen LogP contribution in [0.4, 0.5) is 0 Å². The lowest BCUT2D eigenvalue weighted by atomic mass is 9.91. The van der Waals surface area contributed by atoms with Crippen LogP contribution in [0.5, 0.6) is 0 Å². The number of H-pyrrole nitrogens is 1. The van der Waals surface area contributed by atoms with Gasteiger partial charge in [-0.2, -0.15) is 5.10 Å². The van der Waals surface area contributed by atoms with E-state index >= 15 is 0 Å². The summed E-state index contributed by atoms with van der Waals surface area (Å²) < 4.78 is 3.97. The molecule has 0 radical (unpaired) electrons. The fraction of sp³-hybridized carbons (Fsp3) is 0.556. The second kappa shape index (κ2) is 3.37. The van der Waals surface area contributed by atoms with E-state index in [2.05, 4.69) is 45.5 Å². The fourth-order valence-electron chi connectivity index (χ4n) is 1.27. The van der Waals surface area contributed by atoms with E-state index in [1.807, 2.05) is 6.92 Å². The van der Waals surface area contributed by atoms with Gasteiger partial charge in [0.15, 0.2) is 5.82 Å². The molecule has 2 heterocycles. The van der Waals surface area contributed by atoms with Gasteiger partial charge in [0, 0.05) is 5.41 Å². The third-order valence-electron chi connectivity index (χ3n) is 2.00. The molecular formula is C9H13N5S. The van der Waals surface area contributed by atoms with Crippen molar-refractivity contribution in [1.29, 1.82) is 0 Å². The summed E-state index contributed by atoms with van der Waals surface area (Å²) in [5.41, 5.74) is 0.920. The Kier molecular flexibility index (Phi) is 2.30. The number of hydrogen-bond donors (Lipinski definition) is 1. The van der Waals surface area contributed by atoms with Gasteiger partial charge in [-0.25, -0.2) is 4.98 Å². The third-order valence-corrected chi connectivity index (χ3v) is 2.72. The summed E-state index contributed by atoms with van der Waals surface area (Å²) in [7, 11) is 0. The molecule has 2 aromatic rings. The Morgan fingerprint density at radius 2 is 2.00 bits per heavy atom. The summed E-state index contributed by atoms with van der Waals surface area (Å²) in [5.74, 6) is 1.49. The standard InChI is InChI=1S/C9H13N5S/c1-5-10-8(13-11-5)6-7(9(2,3)4)12-14-15-6/h1-4H3,(H,10,11,13). The Labute approximate surface area is 92.1 Å². The molecule has 2 aromatic heterocycles. The van der Waals surface area contributed by atoms with Gasteiger partial charge in [-0.05, 0) is 18.5 Å². The van der Waals surface area contributed by atoms with Gasteiger partial charge in [0.2, 0.25) is 0 Å². The highest BCUT2D eigenvalue weighted by Gasteiger charge is 2.24. The van der Waals surface area contributed by atoms with Crippen LogP contribution in [0.25, 0.3) is 10.7 Å². The normalized spacial score (nSPS) is 12.0. The van der Waals surface area contributed by atoms with E-state index in [1.54, 1.807) is 0 Å². The average Bonchev–Trinajstić information content (AvgIpc) is 2.68. The summed E-state index contributed by atoms with van der Waals surface area (Å²) >= 11 is 1.34. The van der Waals surface area contributed by atoms with Crippen molar-refractivity contribution in [1.82, 2.24) is 24.8 Å². The molecule has 0 spiro atoms. The highest BCUT2D eigenvalue weighted by molar-refractivity contribution is 7.09. The Morgan fingerprint density at radius 3 is 2.53 bits per heavy atom. The quantitative estimate of drug-likeness (QED) is 0.802. The molecule has 0 saturated carbocycles. The van der Waals surface area contributed by atoms with E-state index < -0.39 is 0 Å². The van der Waals surface area contributed by atoms with E-state index in [4.69, 9.17) is 0 Å². The second-order valence-electron chi connectivity index (χ2n) is 4.45. The predicted molar refractivity (Wildman–Crippen MR) is 58.7 cm³/mol. The fourth-order valence-corrected chi connectivity index (χ4v) is 2.08. The Morgan fingerprint density at radius 1 is 1.27 bits per heavy atom. The molecule has 2 rings (SSSR count). The van der Waals surface area contributed by atoms with Gasteiger partial charge in [0.05, 0.1) is 5.69 Å². The molecule has 15 heavy (non-hydrogen) atoms. The van der Waals surface area contributed by atoms with Crippen LogP contribution in [-0.2, 0) is 5.41 Å². The van der Waals surface area contributed by atoms with Gasteiger partial charge in [-0.1, -0.05) is 25.3 Å². The van der Waals surface area contributed by atoms with Gasteiger partial charge < -0.3 is 0 Å². The zero-order valence-corrected chi connectivity index (χ0v) is 10.0. The lowest BCUT2D eigenvalue weighted by Gasteiger charge is -2.15. The lowest BCUT2D eigenvalue weighted by molar-refractivity contribution is 0.568. The Hall–Kier alpha value is -1.30. The van der Waals surface area contributed by atoms with Crippen molar-refractivity contribution in [3.63, 3.8) is 0 Å². The van der Waals surface area contributed by atoms with Crippen molar-refractivity contribution < 1.29 is 0 Å². The maximum atomic E-state index is 4.29. The molecule has 0 unspecified atom stereocenters. The van der Waals surface area contributed by atoms with Crippen LogP contribution in [0, 0.1) is 6.92 Å². The number of aromatic amines is 1. The van der Waals surface area contributed by atoms with E-state index in [-0.39, 0.29) is 5.41 Å². The SMILES string of the molecule is Cc1nc(-c2snnc2C(C)(C)C)n[nH]1. The van der Waals surface area contributed by atoms with Crippen LogP contribution >= 0.6 is 11.5 Å². The molecule has 0 aliphatic rings. The van der Waals surface area contributed by atoms with Gasteiger partial charge in [0.1, 0.15) is 10.7 Å². The summed E-state index contributed by atoms with van der Waals surface area (Å²) in [6, 6.07) is 0. The van der Waals surface area contributed by atoms with E-state index in [0.717, 1.165) is 16.4 Å². The highest BCUT2D eigenvalue weighted by atomic mass is 32.1. The second-order valence-corrected chi connectivity index (χ2v) is 5.20. The number of nitrogens with one attached hydrogen (secondary N) is 1. The van der Waals surface area contributed by atoms with Crippen LogP contribution in [0.3, 0.4) is 0 Å². The summed E-state index contributed by atoms with van der Waals surface area (Å²) in [5, 5.41) is 11.1. The minimum atomic E-state index is -0.0309. The monoisotopic (exact) mass is 223 g/mol. The molecule has 0 aliphatic carbocycles. The van der Waals surface area contributed by atoms with Crippen molar-refractivity contribution in [3.8, 4) is 10.7 Å². The largest absolute Gasteiger partial charge is 0.263 e. The molecule has 0 aromatic carbocycles. The number of rotatable bonds is 1. The molecule has 5 nitrogen and oxygen atoms in total. The average molecular weight is 223 g/mol. The van der Waals surface area contributed by atoms with E-state index in [0.29, 0.717) is 5.82 Å². The minimum absolute atomic E-state index is 0.0309. The molecule has 1 N–H and O–H groups in total. The molecule has 6 heteroatoms. The first-order chi connectivity index (χ1) is 6.98. The van der Waals surface area contributed by atoms with Crippen molar-refractivity contribution in [2.75, 3.05) is 0 Å². The maximum absolute atomic E-state index is 4.29. The molecule has 0 fully saturated rings.